The first kappa shape index (κ1) is 27.5. The van der Waals surface area contributed by atoms with Crippen molar-refractivity contribution in [3.63, 3.8) is 0 Å². The van der Waals surface area contributed by atoms with Crippen LogP contribution in [0.2, 0.25) is 0 Å². The van der Waals surface area contributed by atoms with Crippen LogP contribution in [0.3, 0.4) is 0 Å². The highest BCUT2D eigenvalue weighted by Gasteiger charge is 2.00. The van der Waals surface area contributed by atoms with Gasteiger partial charge in [0.2, 0.25) is 5.91 Å². The van der Waals surface area contributed by atoms with Gasteiger partial charge >= 0.3 is 0 Å². The van der Waals surface area contributed by atoms with Crippen molar-refractivity contribution in [3.05, 3.63) is 0 Å². The molecule has 0 aromatic heterocycles. The molecule has 0 fully saturated rings. The van der Waals surface area contributed by atoms with E-state index in [1.165, 1.54) is 122 Å². The molecule has 28 heavy (non-hydrogen) atoms. The van der Waals surface area contributed by atoms with Gasteiger partial charge in [-0.15, -0.1) is 0 Å². The summed E-state index contributed by atoms with van der Waals surface area (Å²) in [5.74, 6) is 0.262. The Morgan fingerprint density at radius 3 is 1.18 bits per heavy atom. The predicted molar refractivity (Wildman–Crippen MR) is 126 cm³/mol. The van der Waals surface area contributed by atoms with E-state index in [0.29, 0.717) is 0 Å². The first-order valence-corrected chi connectivity index (χ1v) is 13.1. The van der Waals surface area contributed by atoms with Crippen LogP contribution in [0, 0.1) is 0 Å². The van der Waals surface area contributed by atoms with Gasteiger partial charge in [0.25, 0.3) is 0 Å². The van der Waals surface area contributed by atoms with Gasteiger partial charge in [-0.1, -0.05) is 136 Å². The van der Waals surface area contributed by atoms with Crippen molar-refractivity contribution in [2.75, 3.05) is 6.54 Å². The molecule has 0 aromatic rings. The van der Waals surface area contributed by atoms with E-state index in [9.17, 15) is 4.79 Å². The zero-order valence-electron chi connectivity index (χ0n) is 19.7. The number of carbonyl (C=O) groups excluding carboxylic acids is 1. The van der Waals surface area contributed by atoms with Crippen LogP contribution < -0.4 is 5.32 Å². The summed E-state index contributed by atoms with van der Waals surface area (Å²) in [4.78, 5) is 11.7. The second-order valence-corrected chi connectivity index (χ2v) is 8.82. The third kappa shape index (κ3) is 23.5. The molecule has 0 aromatic carbocycles. The van der Waals surface area contributed by atoms with Gasteiger partial charge in [0.05, 0.1) is 0 Å². The Balaban J connectivity index is 3.09. The molecule has 0 saturated heterocycles. The minimum atomic E-state index is 0.262. The highest BCUT2D eigenvalue weighted by atomic mass is 16.1. The Labute approximate surface area is 178 Å². The van der Waals surface area contributed by atoms with E-state index in [-0.39, 0.29) is 5.91 Å². The van der Waals surface area contributed by atoms with Crippen LogP contribution in [-0.4, -0.2) is 12.5 Å². The smallest absolute Gasteiger partial charge is 0.219 e. The van der Waals surface area contributed by atoms with Gasteiger partial charge in [-0.2, -0.15) is 0 Å². The first-order valence-electron chi connectivity index (χ1n) is 13.1. The van der Waals surface area contributed by atoms with Gasteiger partial charge in [0.15, 0.2) is 0 Å². The maximum atomic E-state index is 11.7. The van der Waals surface area contributed by atoms with E-state index in [1.54, 1.807) is 0 Å². The molecule has 2 nitrogen and oxygen atoms in total. The second-order valence-electron chi connectivity index (χ2n) is 8.82. The number of nitrogens with one attached hydrogen (secondary N) is 1. The van der Waals surface area contributed by atoms with Crippen LogP contribution in [0.15, 0.2) is 0 Å². The van der Waals surface area contributed by atoms with E-state index in [2.05, 4.69) is 19.2 Å². The molecule has 0 atom stereocenters. The Morgan fingerprint density at radius 1 is 0.464 bits per heavy atom. The summed E-state index contributed by atoms with van der Waals surface area (Å²) in [5.41, 5.74) is 0. The molecule has 0 unspecified atom stereocenters. The van der Waals surface area contributed by atoms with Crippen molar-refractivity contribution < 1.29 is 4.79 Å². The monoisotopic (exact) mass is 395 g/mol. The molecule has 0 bridgehead atoms. The summed E-state index contributed by atoms with van der Waals surface area (Å²) in [5, 5.41) is 3.08. The van der Waals surface area contributed by atoms with Crippen molar-refractivity contribution >= 4 is 5.91 Å². The van der Waals surface area contributed by atoms with Crippen LogP contribution in [0.5, 0.6) is 0 Å². The molecule has 1 amide bonds. The topological polar surface area (TPSA) is 29.1 Å². The van der Waals surface area contributed by atoms with Crippen molar-refractivity contribution in [1.82, 2.24) is 5.32 Å². The molecule has 168 valence electrons. The van der Waals surface area contributed by atoms with Crippen molar-refractivity contribution in [2.24, 2.45) is 0 Å². The lowest BCUT2D eigenvalue weighted by molar-refractivity contribution is -0.121. The number of hydrogen-bond acceptors (Lipinski definition) is 1. The van der Waals surface area contributed by atoms with E-state index in [4.69, 9.17) is 0 Å². The molecule has 2 heteroatoms. The molecule has 0 rings (SSSR count). The molecule has 0 radical (unpaired) electrons. The van der Waals surface area contributed by atoms with E-state index < -0.39 is 0 Å². The van der Waals surface area contributed by atoms with E-state index >= 15 is 0 Å². The molecule has 0 heterocycles. The summed E-state index contributed by atoms with van der Waals surface area (Å²) < 4.78 is 0. The third-order valence-corrected chi connectivity index (χ3v) is 5.86. The largest absolute Gasteiger partial charge is 0.356 e. The molecule has 0 spiro atoms. The number of hydrogen-bond donors (Lipinski definition) is 1. The standard InChI is InChI=1S/C26H53NO/c1-3-5-7-9-10-11-12-13-14-15-16-17-18-19-21-23-25-27-26(28)24-22-20-8-6-4-2/h3-25H2,1-2H3,(H,27,28). The summed E-state index contributed by atoms with van der Waals surface area (Å²) in [6.45, 7) is 5.40. The maximum Gasteiger partial charge on any atom is 0.219 e. The second kappa shape index (κ2) is 24.5. The van der Waals surface area contributed by atoms with Crippen molar-refractivity contribution in [1.29, 1.82) is 0 Å². The van der Waals surface area contributed by atoms with Gasteiger partial charge in [-0.25, -0.2) is 0 Å². The Kier molecular flexibility index (Phi) is 24.0. The predicted octanol–water partition coefficient (Wildman–Crippen LogP) is 8.72. The molecule has 1 N–H and O–H groups in total. The highest BCUT2D eigenvalue weighted by Crippen LogP contribution is 2.13. The third-order valence-electron chi connectivity index (χ3n) is 5.86. The fraction of sp³-hybridized carbons (Fsp3) is 0.962. The highest BCUT2D eigenvalue weighted by molar-refractivity contribution is 5.75. The van der Waals surface area contributed by atoms with Gasteiger partial charge in [0, 0.05) is 13.0 Å². The quantitative estimate of drug-likeness (QED) is 0.172. The Bertz CT molecular complexity index is 303. The summed E-state index contributed by atoms with van der Waals surface area (Å²) in [7, 11) is 0. The lowest BCUT2D eigenvalue weighted by atomic mass is 10.0. The molecule has 0 aliphatic rings. The van der Waals surface area contributed by atoms with Crippen LogP contribution in [-0.2, 0) is 4.79 Å². The lowest BCUT2D eigenvalue weighted by Gasteiger charge is -2.06. The van der Waals surface area contributed by atoms with Gasteiger partial charge < -0.3 is 5.32 Å². The lowest BCUT2D eigenvalue weighted by Crippen LogP contribution is -2.23. The van der Waals surface area contributed by atoms with Gasteiger partial charge in [0.1, 0.15) is 0 Å². The zero-order valence-corrected chi connectivity index (χ0v) is 19.7. The Morgan fingerprint density at radius 2 is 0.786 bits per heavy atom. The summed E-state index contributed by atoms with van der Waals surface area (Å²) >= 11 is 0. The average molecular weight is 396 g/mol. The number of unbranched alkanes of at least 4 members (excludes halogenated alkanes) is 19. The van der Waals surface area contributed by atoms with E-state index in [1.807, 2.05) is 0 Å². The van der Waals surface area contributed by atoms with Gasteiger partial charge in [-0.3, -0.25) is 4.79 Å². The van der Waals surface area contributed by atoms with Crippen LogP contribution in [0.4, 0.5) is 0 Å². The maximum absolute atomic E-state index is 11.7. The number of rotatable bonds is 23. The fourth-order valence-corrected chi connectivity index (χ4v) is 3.88. The van der Waals surface area contributed by atoms with Crippen LogP contribution in [0.1, 0.15) is 155 Å². The Hall–Kier alpha value is -0.530. The zero-order chi connectivity index (χ0) is 20.5. The molecular formula is C26H53NO. The number of amides is 1. The number of carbonyl (C=O) groups is 1. The molecule has 0 aliphatic heterocycles. The molecule has 0 aliphatic carbocycles. The first-order chi connectivity index (χ1) is 13.8. The minimum Gasteiger partial charge on any atom is -0.356 e. The molecular weight excluding hydrogens is 342 g/mol. The average Bonchev–Trinajstić information content (AvgIpc) is 2.70. The van der Waals surface area contributed by atoms with Crippen LogP contribution in [0.25, 0.3) is 0 Å². The SMILES string of the molecule is CCCCCCCCCCCCCCCCCCNC(=O)CCCCCCC. The normalized spacial score (nSPS) is 11.1. The van der Waals surface area contributed by atoms with Gasteiger partial charge in [-0.05, 0) is 12.8 Å². The van der Waals surface area contributed by atoms with Crippen molar-refractivity contribution in [2.45, 2.75) is 155 Å². The molecule has 0 saturated carbocycles. The van der Waals surface area contributed by atoms with Crippen molar-refractivity contribution in [3.8, 4) is 0 Å². The fourth-order valence-electron chi connectivity index (χ4n) is 3.88. The van der Waals surface area contributed by atoms with E-state index in [0.717, 1.165) is 25.8 Å². The summed E-state index contributed by atoms with van der Waals surface area (Å²) in [6, 6.07) is 0. The van der Waals surface area contributed by atoms with Crippen LogP contribution >= 0.6 is 0 Å². The summed E-state index contributed by atoms with van der Waals surface area (Å²) in [6.07, 6.45) is 29.2. The minimum absolute atomic E-state index is 0.262.